The van der Waals surface area contributed by atoms with Crippen molar-refractivity contribution in [2.24, 2.45) is 11.7 Å². The van der Waals surface area contributed by atoms with Gasteiger partial charge < -0.3 is 10.5 Å². The van der Waals surface area contributed by atoms with Crippen LogP contribution in [0.5, 0.6) is 5.75 Å². The summed E-state index contributed by atoms with van der Waals surface area (Å²) < 4.78 is 40.6. The maximum Gasteiger partial charge on any atom is 0.573 e. The number of rotatable bonds is 5. The maximum absolute atomic E-state index is 12.2. The van der Waals surface area contributed by atoms with Gasteiger partial charge in [-0.15, -0.1) is 13.2 Å². The molecule has 2 N–H and O–H groups in total. The molecule has 19 heavy (non-hydrogen) atoms. The van der Waals surface area contributed by atoms with E-state index in [1.807, 2.05) is 6.92 Å². The first-order valence-corrected chi connectivity index (χ1v) is 5.90. The third kappa shape index (κ3) is 4.24. The van der Waals surface area contributed by atoms with Gasteiger partial charge in [-0.25, -0.2) is 0 Å². The van der Waals surface area contributed by atoms with Crippen LogP contribution in [0.2, 0.25) is 0 Å². The SMILES string of the molecule is CCC(C)C(N)C(=O)c1ccccc1OC(F)(F)F. The van der Waals surface area contributed by atoms with Crippen molar-refractivity contribution in [2.45, 2.75) is 32.7 Å². The zero-order valence-corrected chi connectivity index (χ0v) is 10.7. The lowest BCUT2D eigenvalue weighted by Crippen LogP contribution is -2.37. The van der Waals surface area contributed by atoms with Crippen LogP contribution in [0, 0.1) is 5.92 Å². The summed E-state index contributed by atoms with van der Waals surface area (Å²) in [5.41, 5.74) is 5.60. The summed E-state index contributed by atoms with van der Waals surface area (Å²) in [6, 6.07) is 4.38. The summed E-state index contributed by atoms with van der Waals surface area (Å²) in [7, 11) is 0. The van der Waals surface area contributed by atoms with Gasteiger partial charge in [0.05, 0.1) is 11.6 Å². The van der Waals surface area contributed by atoms with E-state index in [1.54, 1.807) is 6.92 Å². The van der Waals surface area contributed by atoms with Crippen LogP contribution >= 0.6 is 0 Å². The second kappa shape index (κ2) is 6.06. The van der Waals surface area contributed by atoms with E-state index in [-0.39, 0.29) is 11.5 Å². The van der Waals surface area contributed by atoms with Crippen molar-refractivity contribution in [3.63, 3.8) is 0 Å². The van der Waals surface area contributed by atoms with E-state index < -0.39 is 23.9 Å². The topological polar surface area (TPSA) is 52.3 Å². The van der Waals surface area contributed by atoms with Crippen LogP contribution in [0.15, 0.2) is 24.3 Å². The number of hydrogen-bond acceptors (Lipinski definition) is 3. The van der Waals surface area contributed by atoms with E-state index in [4.69, 9.17) is 5.73 Å². The molecule has 0 aliphatic rings. The zero-order chi connectivity index (χ0) is 14.6. The number of benzene rings is 1. The highest BCUT2D eigenvalue weighted by Crippen LogP contribution is 2.27. The van der Waals surface area contributed by atoms with Crippen LogP contribution in [-0.4, -0.2) is 18.2 Å². The molecular weight excluding hydrogens is 259 g/mol. The van der Waals surface area contributed by atoms with E-state index >= 15 is 0 Å². The molecule has 6 heteroatoms. The molecular formula is C13H16F3NO2. The summed E-state index contributed by atoms with van der Waals surface area (Å²) >= 11 is 0. The van der Waals surface area contributed by atoms with E-state index in [0.29, 0.717) is 6.42 Å². The molecule has 1 aromatic rings. The van der Waals surface area contributed by atoms with E-state index in [2.05, 4.69) is 4.74 Å². The van der Waals surface area contributed by atoms with Crippen molar-refractivity contribution in [2.75, 3.05) is 0 Å². The lowest BCUT2D eigenvalue weighted by atomic mass is 9.92. The number of ether oxygens (including phenoxy) is 1. The molecule has 0 saturated carbocycles. The Bertz CT molecular complexity index is 446. The monoisotopic (exact) mass is 275 g/mol. The van der Waals surface area contributed by atoms with Crippen LogP contribution in [0.3, 0.4) is 0 Å². The summed E-state index contributed by atoms with van der Waals surface area (Å²) in [4.78, 5) is 12.1. The van der Waals surface area contributed by atoms with Crippen LogP contribution in [0.1, 0.15) is 30.6 Å². The van der Waals surface area contributed by atoms with Gasteiger partial charge in [-0.2, -0.15) is 0 Å². The van der Waals surface area contributed by atoms with Gasteiger partial charge in [-0.05, 0) is 18.1 Å². The second-order valence-electron chi connectivity index (χ2n) is 4.32. The molecule has 0 radical (unpaired) electrons. The Balaban J connectivity index is 3.03. The van der Waals surface area contributed by atoms with E-state index in [1.165, 1.54) is 18.2 Å². The minimum atomic E-state index is -4.84. The smallest absolute Gasteiger partial charge is 0.405 e. The second-order valence-corrected chi connectivity index (χ2v) is 4.32. The molecule has 0 aliphatic heterocycles. The molecule has 0 aromatic heterocycles. The lowest BCUT2D eigenvalue weighted by Gasteiger charge is -2.19. The maximum atomic E-state index is 12.2. The molecule has 0 heterocycles. The number of halogens is 3. The average molecular weight is 275 g/mol. The van der Waals surface area contributed by atoms with E-state index in [9.17, 15) is 18.0 Å². The van der Waals surface area contributed by atoms with Gasteiger partial charge in [0.15, 0.2) is 5.78 Å². The molecule has 2 atom stereocenters. The van der Waals surface area contributed by atoms with Gasteiger partial charge in [0.2, 0.25) is 0 Å². The Hall–Kier alpha value is -1.56. The highest BCUT2D eigenvalue weighted by atomic mass is 19.4. The number of para-hydroxylation sites is 1. The highest BCUT2D eigenvalue weighted by molar-refractivity contribution is 6.02. The average Bonchev–Trinajstić information content (AvgIpc) is 2.35. The van der Waals surface area contributed by atoms with Gasteiger partial charge in [0.25, 0.3) is 0 Å². The van der Waals surface area contributed by atoms with Crippen molar-refractivity contribution in [3.05, 3.63) is 29.8 Å². The van der Waals surface area contributed by atoms with Crippen LogP contribution in [-0.2, 0) is 0 Å². The molecule has 0 fully saturated rings. The Morgan fingerprint density at radius 3 is 2.47 bits per heavy atom. The Morgan fingerprint density at radius 2 is 1.95 bits per heavy atom. The zero-order valence-electron chi connectivity index (χ0n) is 10.7. The summed E-state index contributed by atoms with van der Waals surface area (Å²) in [5.74, 6) is -1.18. The first kappa shape index (κ1) is 15.5. The third-order valence-electron chi connectivity index (χ3n) is 2.94. The number of nitrogens with two attached hydrogens (primary N) is 1. The minimum Gasteiger partial charge on any atom is -0.405 e. The van der Waals surface area contributed by atoms with Gasteiger partial charge in [-0.1, -0.05) is 32.4 Å². The number of carbonyl (C=O) groups excluding carboxylic acids is 1. The summed E-state index contributed by atoms with van der Waals surface area (Å²) in [5, 5.41) is 0. The largest absolute Gasteiger partial charge is 0.573 e. The van der Waals surface area contributed by atoms with Crippen LogP contribution in [0.4, 0.5) is 13.2 Å². The minimum absolute atomic E-state index is 0.119. The fourth-order valence-corrected chi connectivity index (χ4v) is 1.58. The van der Waals surface area contributed by atoms with Crippen molar-refractivity contribution in [3.8, 4) is 5.75 Å². The molecule has 3 nitrogen and oxygen atoms in total. The number of carbonyl (C=O) groups is 1. The fraction of sp³-hybridized carbons (Fsp3) is 0.462. The highest BCUT2D eigenvalue weighted by Gasteiger charge is 2.33. The number of hydrogen-bond donors (Lipinski definition) is 1. The molecule has 0 amide bonds. The predicted octanol–water partition coefficient (Wildman–Crippen LogP) is 3.14. The first-order chi connectivity index (χ1) is 8.76. The third-order valence-corrected chi connectivity index (χ3v) is 2.94. The molecule has 0 bridgehead atoms. The standard InChI is InChI=1S/C13H16F3NO2/c1-3-8(2)11(17)12(18)9-6-4-5-7-10(9)19-13(14,15)16/h4-8,11H,3,17H2,1-2H3. The molecule has 2 unspecified atom stereocenters. The first-order valence-electron chi connectivity index (χ1n) is 5.90. The summed E-state index contributed by atoms with van der Waals surface area (Å²) in [6.45, 7) is 3.63. The Labute approximate surface area is 109 Å². The van der Waals surface area contributed by atoms with Gasteiger partial charge >= 0.3 is 6.36 Å². The fourth-order valence-electron chi connectivity index (χ4n) is 1.58. The van der Waals surface area contributed by atoms with Gasteiger partial charge in [0, 0.05) is 0 Å². The molecule has 1 rings (SSSR count). The van der Waals surface area contributed by atoms with Crippen molar-refractivity contribution < 1.29 is 22.7 Å². The Morgan fingerprint density at radius 1 is 1.37 bits per heavy atom. The van der Waals surface area contributed by atoms with E-state index in [0.717, 1.165) is 6.07 Å². The van der Waals surface area contributed by atoms with Crippen LogP contribution in [0.25, 0.3) is 0 Å². The normalized spacial score (nSPS) is 14.8. The quantitative estimate of drug-likeness (QED) is 0.840. The summed E-state index contributed by atoms with van der Waals surface area (Å²) in [6.07, 6.45) is -4.17. The van der Waals surface area contributed by atoms with Crippen molar-refractivity contribution in [1.29, 1.82) is 0 Å². The number of ketones is 1. The lowest BCUT2D eigenvalue weighted by molar-refractivity contribution is -0.274. The van der Waals surface area contributed by atoms with Gasteiger partial charge in [-0.3, -0.25) is 4.79 Å². The van der Waals surface area contributed by atoms with Crippen LogP contribution < -0.4 is 10.5 Å². The van der Waals surface area contributed by atoms with Gasteiger partial charge in [0.1, 0.15) is 5.75 Å². The molecule has 106 valence electrons. The van der Waals surface area contributed by atoms with Crippen molar-refractivity contribution >= 4 is 5.78 Å². The molecule has 0 spiro atoms. The number of alkyl halides is 3. The molecule has 0 saturated heterocycles. The van der Waals surface area contributed by atoms with Crippen molar-refractivity contribution in [1.82, 2.24) is 0 Å². The predicted molar refractivity (Wildman–Crippen MR) is 64.9 cm³/mol. The Kier molecular flexibility index (Phi) is 4.94. The molecule has 1 aromatic carbocycles. The molecule has 0 aliphatic carbocycles. The number of Topliss-reactive ketones (excluding diaryl/α,β-unsaturated/α-hetero) is 1.